The summed E-state index contributed by atoms with van der Waals surface area (Å²) in [7, 11) is 0. The Hall–Kier alpha value is -0.500. The molecule has 1 atom stereocenters. The summed E-state index contributed by atoms with van der Waals surface area (Å²) in [5.41, 5.74) is 3.61. The van der Waals surface area contributed by atoms with Crippen molar-refractivity contribution >= 4 is 39.1 Å². The van der Waals surface area contributed by atoms with Gasteiger partial charge in [-0.3, -0.25) is 0 Å². The molecular weight excluding hydrogens is 343 g/mol. The van der Waals surface area contributed by atoms with E-state index in [9.17, 15) is 0 Å². The minimum Gasteiger partial charge on any atom is -0.0921 e. The quantitative estimate of drug-likeness (QED) is 0.586. The SMILES string of the molecule is Cc1cccc(C(CBr)Cc2c(Cl)cccc2Cl)c1. The summed E-state index contributed by atoms with van der Waals surface area (Å²) in [5.74, 6) is 0.372. The fraction of sp³-hybridized carbons (Fsp3) is 0.250. The number of hydrogen-bond acceptors (Lipinski definition) is 0. The van der Waals surface area contributed by atoms with Crippen LogP contribution in [0.25, 0.3) is 0 Å². The van der Waals surface area contributed by atoms with Crippen LogP contribution in [0.1, 0.15) is 22.6 Å². The molecule has 19 heavy (non-hydrogen) atoms. The van der Waals surface area contributed by atoms with Crippen LogP contribution < -0.4 is 0 Å². The summed E-state index contributed by atoms with van der Waals surface area (Å²) in [6, 6.07) is 14.2. The van der Waals surface area contributed by atoms with Crippen LogP contribution in [0.4, 0.5) is 0 Å². The Morgan fingerprint density at radius 3 is 2.26 bits per heavy atom. The minimum atomic E-state index is 0.372. The Morgan fingerprint density at radius 1 is 1.05 bits per heavy atom. The molecule has 1 unspecified atom stereocenters. The van der Waals surface area contributed by atoms with Crippen LogP contribution in [0.3, 0.4) is 0 Å². The lowest BCUT2D eigenvalue weighted by Crippen LogP contribution is -2.05. The number of halogens is 3. The molecule has 0 saturated heterocycles. The fourth-order valence-electron chi connectivity index (χ4n) is 2.16. The van der Waals surface area contributed by atoms with Crippen molar-refractivity contribution < 1.29 is 0 Å². The van der Waals surface area contributed by atoms with Crippen molar-refractivity contribution in [2.75, 3.05) is 5.33 Å². The topological polar surface area (TPSA) is 0 Å². The lowest BCUT2D eigenvalue weighted by molar-refractivity contribution is 0.775. The average Bonchev–Trinajstić information content (AvgIpc) is 2.38. The molecule has 0 aromatic heterocycles. The highest BCUT2D eigenvalue weighted by Crippen LogP contribution is 2.31. The first-order valence-corrected chi connectivity index (χ1v) is 8.05. The van der Waals surface area contributed by atoms with Crippen molar-refractivity contribution in [1.29, 1.82) is 0 Å². The Bertz CT molecular complexity index is 546. The highest BCUT2D eigenvalue weighted by molar-refractivity contribution is 9.09. The number of benzene rings is 2. The van der Waals surface area contributed by atoms with Crippen molar-refractivity contribution in [3.05, 3.63) is 69.2 Å². The Labute approximate surface area is 132 Å². The monoisotopic (exact) mass is 356 g/mol. The largest absolute Gasteiger partial charge is 0.0921 e. The van der Waals surface area contributed by atoms with E-state index in [0.717, 1.165) is 27.4 Å². The van der Waals surface area contributed by atoms with E-state index in [-0.39, 0.29) is 0 Å². The van der Waals surface area contributed by atoms with E-state index in [0.29, 0.717) is 5.92 Å². The lowest BCUT2D eigenvalue weighted by atomic mass is 9.92. The van der Waals surface area contributed by atoms with Crippen molar-refractivity contribution in [2.45, 2.75) is 19.3 Å². The van der Waals surface area contributed by atoms with Crippen LogP contribution in [-0.2, 0) is 6.42 Å². The van der Waals surface area contributed by atoms with Gasteiger partial charge in [0.05, 0.1) is 0 Å². The fourth-order valence-corrected chi connectivity index (χ4v) is 3.31. The normalized spacial score (nSPS) is 12.4. The van der Waals surface area contributed by atoms with Gasteiger partial charge >= 0.3 is 0 Å². The smallest absolute Gasteiger partial charge is 0.0453 e. The molecule has 0 spiro atoms. The highest BCUT2D eigenvalue weighted by Gasteiger charge is 2.15. The summed E-state index contributed by atoms with van der Waals surface area (Å²) in [4.78, 5) is 0. The van der Waals surface area contributed by atoms with E-state index in [2.05, 4.69) is 47.1 Å². The van der Waals surface area contributed by atoms with Crippen LogP contribution in [0.15, 0.2) is 42.5 Å². The van der Waals surface area contributed by atoms with E-state index in [4.69, 9.17) is 23.2 Å². The van der Waals surface area contributed by atoms with Gasteiger partial charge in [0, 0.05) is 15.4 Å². The summed E-state index contributed by atoms with van der Waals surface area (Å²) in [6.45, 7) is 2.11. The number of alkyl halides is 1. The van der Waals surface area contributed by atoms with Gasteiger partial charge < -0.3 is 0 Å². The van der Waals surface area contributed by atoms with Crippen molar-refractivity contribution in [3.8, 4) is 0 Å². The standard InChI is InChI=1S/C16H15BrCl2/c1-11-4-2-5-12(8-11)13(10-17)9-14-15(18)6-3-7-16(14)19/h2-8,13H,9-10H2,1H3. The highest BCUT2D eigenvalue weighted by atomic mass is 79.9. The zero-order valence-corrected chi connectivity index (χ0v) is 13.8. The van der Waals surface area contributed by atoms with Gasteiger partial charge in [0.1, 0.15) is 0 Å². The number of hydrogen-bond donors (Lipinski definition) is 0. The molecule has 100 valence electrons. The molecule has 2 aromatic carbocycles. The molecule has 0 N–H and O–H groups in total. The first kappa shape index (κ1) is 14.9. The van der Waals surface area contributed by atoms with Crippen LogP contribution in [0.2, 0.25) is 10.0 Å². The molecule has 2 aromatic rings. The number of rotatable bonds is 4. The molecule has 0 bridgehead atoms. The predicted molar refractivity (Wildman–Crippen MR) is 87.9 cm³/mol. The molecular formula is C16H15BrCl2. The third-order valence-electron chi connectivity index (χ3n) is 3.21. The Balaban J connectivity index is 2.29. The van der Waals surface area contributed by atoms with E-state index < -0.39 is 0 Å². The van der Waals surface area contributed by atoms with Crippen molar-refractivity contribution in [1.82, 2.24) is 0 Å². The van der Waals surface area contributed by atoms with Crippen LogP contribution in [0.5, 0.6) is 0 Å². The summed E-state index contributed by atoms with van der Waals surface area (Å²) < 4.78 is 0. The second-order valence-electron chi connectivity index (χ2n) is 4.67. The van der Waals surface area contributed by atoms with Gasteiger partial charge in [0.25, 0.3) is 0 Å². The van der Waals surface area contributed by atoms with Gasteiger partial charge in [-0.25, -0.2) is 0 Å². The maximum absolute atomic E-state index is 6.25. The van der Waals surface area contributed by atoms with E-state index in [1.807, 2.05) is 18.2 Å². The van der Waals surface area contributed by atoms with Crippen molar-refractivity contribution in [3.63, 3.8) is 0 Å². The maximum atomic E-state index is 6.25. The molecule has 0 aliphatic carbocycles. The second kappa shape index (κ2) is 6.78. The van der Waals surface area contributed by atoms with Crippen molar-refractivity contribution in [2.24, 2.45) is 0 Å². The third kappa shape index (κ3) is 3.75. The summed E-state index contributed by atoms with van der Waals surface area (Å²) in [5, 5.41) is 2.37. The van der Waals surface area contributed by atoms with Crippen LogP contribution in [-0.4, -0.2) is 5.33 Å². The second-order valence-corrected chi connectivity index (χ2v) is 6.13. The minimum absolute atomic E-state index is 0.372. The molecule has 0 heterocycles. The van der Waals surface area contributed by atoms with Crippen LogP contribution in [0, 0.1) is 6.92 Å². The molecule has 0 nitrogen and oxygen atoms in total. The Morgan fingerprint density at radius 2 is 1.68 bits per heavy atom. The summed E-state index contributed by atoms with van der Waals surface area (Å²) >= 11 is 16.1. The van der Waals surface area contributed by atoms with E-state index in [1.165, 1.54) is 11.1 Å². The molecule has 2 rings (SSSR count). The maximum Gasteiger partial charge on any atom is 0.0453 e. The molecule has 0 aliphatic heterocycles. The van der Waals surface area contributed by atoms with Gasteiger partial charge in [0.2, 0.25) is 0 Å². The van der Waals surface area contributed by atoms with Gasteiger partial charge in [-0.1, -0.05) is 75.0 Å². The molecule has 0 saturated carbocycles. The molecule has 0 radical (unpaired) electrons. The predicted octanol–water partition coefficient (Wildman–Crippen LogP) is 6.02. The molecule has 3 heteroatoms. The van der Waals surface area contributed by atoms with E-state index >= 15 is 0 Å². The van der Waals surface area contributed by atoms with Gasteiger partial charge in [-0.2, -0.15) is 0 Å². The van der Waals surface area contributed by atoms with E-state index in [1.54, 1.807) is 0 Å². The third-order valence-corrected chi connectivity index (χ3v) is 4.70. The zero-order chi connectivity index (χ0) is 13.8. The molecule has 0 amide bonds. The van der Waals surface area contributed by atoms with Gasteiger partial charge in [-0.05, 0) is 42.5 Å². The zero-order valence-electron chi connectivity index (χ0n) is 10.7. The lowest BCUT2D eigenvalue weighted by Gasteiger charge is -2.17. The first-order chi connectivity index (χ1) is 9.11. The summed E-state index contributed by atoms with van der Waals surface area (Å²) in [6.07, 6.45) is 0.840. The molecule has 0 aliphatic rings. The van der Waals surface area contributed by atoms with Crippen LogP contribution >= 0.6 is 39.1 Å². The first-order valence-electron chi connectivity index (χ1n) is 6.17. The molecule has 0 fully saturated rings. The average molecular weight is 358 g/mol. The Kier molecular flexibility index (Phi) is 5.32. The van der Waals surface area contributed by atoms with Gasteiger partial charge in [-0.15, -0.1) is 0 Å². The number of aryl methyl sites for hydroxylation is 1. The van der Waals surface area contributed by atoms with Gasteiger partial charge in [0.15, 0.2) is 0 Å².